The number of rotatable bonds is 4. The van der Waals surface area contributed by atoms with Gasteiger partial charge in [0, 0.05) is 16.2 Å². The Hall–Kier alpha value is -2.34. The maximum absolute atomic E-state index is 11.9. The molecule has 2 aromatic rings. The zero-order valence-electron chi connectivity index (χ0n) is 13.0. The van der Waals surface area contributed by atoms with Crippen molar-refractivity contribution >= 4 is 39.6 Å². The van der Waals surface area contributed by atoms with Gasteiger partial charge in [-0.25, -0.2) is 4.79 Å². The fourth-order valence-electron chi connectivity index (χ4n) is 1.96. The number of methoxy groups -OCH3 is 1. The molecule has 1 heterocycles. The molecule has 23 heavy (non-hydrogen) atoms. The van der Waals surface area contributed by atoms with Gasteiger partial charge in [-0.15, -0.1) is 0 Å². The highest BCUT2D eigenvalue weighted by Crippen LogP contribution is 2.20. The van der Waals surface area contributed by atoms with Crippen molar-refractivity contribution in [3.05, 3.63) is 57.5 Å². The smallest absolute Gasteiger partial charge is 0.341 e. The van der Waals surface area contributed by atoms with Crippen LogP contribution >= 0.6 is 15.9 Å². The normalized spacial score (nSPS) is 10.8. The van der Waals surface area contributed by atoms with Gasteiger partial charge in [-0.05, 0) is 49.8 Å². The van der Waals surface area contributed by atoms with Gasteiger partial charge in [0.2, 0.25) is 5.91 Å². The van der Waals surface area contributed by atoms with Gasteiger partial charge in [-0.2, -0.15) is 0 Å². The number of amides is 1. The molecule has 1 N–H and O–H groups in total. The average Bonchev–Trinajstić information content (AvgIpc) is 2.89. The first-order chi connectivity index (χ1) is 10.9. The summed E-state index contributed by atoms with van der Waals surface area (Å²) in [6, 6.07) is 7.07. The van der Waals surface area contributed by atoms with Crippen LogP contribution in [0.3, 0.4) is 0 Å². The van der Waals surface area contributed by atoms with Crippen LogP contribution in [0.1, 0.15) is 27.4 Å². The third-order valence-electron chi connectivity index (χ3n) is 3.17. The number of esters is 1. The minimum absolute atomic E-state index is 0.291. The molecular formula is C17H16BrNO4. The second-order valence-electron chi connectivity index (χ2n) is 4.90. The SMILES string of the molecule is COC(=O)c1cc(/C=C/C(=O)Nc2ccc(Br)c(C)c2)oc1C. The summed E-state index contributed by atoms with van der Waals surface area (Å²) in [4.78, 5) is 23.4. The number of furan rings is 1. The Kier molecular flexibility index (Phi) is 5.39. The van der Waals surface area contributed by atoms with Crippen molar-refractivity contribution in [2.24, 2.45) is 0 Å². The molecule has 1 aromatic heterocycles. The second-order valence-corrected chi connectivity index (χ2v) is 5.75. The van der Waals surface area contributed by atoms with Gasteiger partial charge in [0.25, 0.3) is 0 Å². The second kappa shape index (κ2) is 7.28. The monoisotopic (exact) mass is 377 g/mol. The van der Waals surface area contributed by atoms with E-state index in [1.807, 2.05) is 19.1 Å². The lowest BCUT2D eigenvalue weighted by atomic mass is 10.2. The largest absolute Gasteiger partial charge is 0.465 e. The number of hydrogen-bond donors (Lipinski definition) is 1. The molecule has 0 saturated carbocycles. The molecule has 2 rings (SSSR count). The molecule has 0 radical (unpaired) electrons. The van der Waals surface area contributed by atoms with Gasteiger partial charge < -0.3 is 14.5 Å². The van der Waals surface area contributed by atoms with E-state index < -0.39 is 5.97 Å². The fourth-order valence-corrected chi connectivity index (χ4v) is 2.21. The van der Waals surface area contributed by atoms with Gasteiger partial charge >= 0.3 is 5.97 Å². The Morgan fingerprint density at radius 1 is 1.26 bits per heavy atom. The Labute approximate surface area is 142 Å². The molecule has 1 aromatic carbocycles. The van der Waals surface area contributed by atoms with E-state index in [0.717, 1.165) is 10.0 Å². The highest BCUT2D eigenvalue weighted by molar-refractivity contribution is 9.10. The molecule has 0 spiro atoms. The van der Waals surface area contributed by atoms with Crippen LogP contribution in [0, 0.1) is 13.8 Å². The number of hydrogen-bond acceptors (Lipinski definition) is 4. The van der Waals surface area contributed by atoms with Crippen molar-refractivity contribution < 1.29 is 18.7 Å². The highest BCUT2D eigenvalue weighted by Gasteiger charge is 2.14. The highest BCUT2D eigenvalue weighted by atomic mass is 79.9. The van der Waals surface area contributed by atoms with Gasteiger partial charge in [0.1, 0.15) is 17.1 Å². The molecule has 0 bridgehead atoms. The zero-order valence-corrected chi connectivity index (χ0v) is 14.6. The number of ether oxygens (including phenoxy) is 1. The van der Waals surface area contributed by atoms with E-state index in [9.17, 15) is 9.59 Å². The summed E-state index contributed by atoms with van der Waals surface area (Å²) in [6.45, 7) is 3.60. The number of halogens is 1. The number of carbonyl (C=O) groups excluding carboxylic acids is 2. The third-order valence-corrected chi connectivity index (χ3v) is 4.06. The maximum atomic E-state index is 11.9. The number of nitrogens with one attached hydrogen (secondary N) is 1. The average molecular weight is 378 g/mol. The number of carbonyl (C=O) groups is 2. The molecular weight excluding hydrogens is 362 g/mol. The Bertz CT molecular complexity index is 777. The number of benzene rings is 1. The van der Waals surface area contributed by atoms with Crippen molar-refractivity contribution in [1.29, 1.82) is 0 Å². The predicted molar refractivity (Wildman–Crippen MR) is 91.3 cm³/mol. The standard InChI is InChI=1S/C17H16BrNO4/c1-10-8-12(4-6-15(10)18)19-16(20)7-5-13-9-14(11(2)23-13)17(21)22-3/h4-9H,1-3H3,(H,19,20)/b7-5+. The third kappa shape index (κ3) is 4.32. The molecule has 0 saturated heterocycles. The van der Waals surface area contributed by atoms with Crippen molar-refractivity contribution in [3.8, 4) is 0 Å². The van der Waals surface area contributed by atoms with Crippen LogP contribution in [-0.4, -0.2) is 19.0 Å². The summed E-state index contributed by atoms with van der Waals surface area (Å²) < 4.78 is 11.0. The first kappa shape index (κ1) is 17.0. The summed E-state index contributed by atoms with van der Waals surface area (Å²) >= 11 is 3.41. The van der Waals surface area contributed by atoms with E-state index in [2.05, 4.69) is 26.0 Å². The minimum atomic E-state index is -0.472. The Morgan fingerprint density at radius 3 is 2.65 bits per heavy atom. The molecule has 1 amide bonds. The van der Waals surface area contributed by atoms with E-state index in [0.29, 0.717) is 22.8 Å². The van der Waals surface area contributed by atoms with Crippen molar-refractivity contribution in [2.45, 2.75) is 13.8 Å². The summed E-state index contributed by atoms with van der Waals surface area (Å²) in [6.07, 6.45) is 2.84. The fraction of sp³-hybridized carbons (Fsp3) is 0.176. The molecule has 0 aliphatic heterocycles. The quantitative estimate of drug-likeness (QED) is 0.643. The summed E-state index contributed by atoms with van der Waals surface area (Å²) in [5.74, 6) is 0.0894. The molecule has 0 fully saturated rings. The molecule has 0 aliphatic rings. The summed E-state index contributed by atoms with van der Waals surface area (Å²) in [5, 5.41) is 2.76. The molecule has 5 nitrogen and oxygen atoms in total. The predicted octanol–water partition coefficient (Wildman–Crippen LogP) is 4.10. The first-order valence-electron chi connectivity index (χ1n) is 6.84. The van der Waals surface area contributed by atoms with E-state index >= 15 is 0 Å². The van der Waals surface area contributed by atoms with Crippen LogP contribution in [0.4, 0.5) is 5.69 Å². The van der Waals surface area contributed by atoms with Crippen LogP contribution in [-0.2, 0) is 9.53 Å². The van der Waals surface area contributed by atoms with E-state index in [1.165, 1.54) is 25.3 Å². The van der Waals surface area contributed by atoms with E-state index in [4.69, 9.17) is 4.42 Å². The summed E-state index contributed by atoms with van der Waals surface area (Å²) in [5.41, 5.74) is 2.07. The van der Waals surface area contributed by atoms with Gasteiger partial charge in [0.15, 0.2) is 0 Å². The Morgan fingerprint density at radius 2 is 2.00 bits per heavy atom. The molecule has 0 unspecified atom stereocenters. The number of aryl methyl sites for hydroxylation is 2. The molecule has 0 atom stereocenters. The van der Waals surface area contributed by atoms with Crippen molar-refractivity contribution in [3.63, 3.8) is 0 Å². The van der Waals surface area contributed by atoms with Crippen LogP contribution in [0.2, 0.25) is 0 Å². The molecule has 6 heteroatoms. The van der Waals surface area contributed by atoms with Gasteiger partial charge in [-0.3, -0.25) is 4.79 Å². The lowest BCUT2D eigenvalue weighted by Gasteiger charge is -2.04. The lowest BCUT2D eigenvalue weighted by molar-refractivity contribution is -0.111. The van der Waals surface area contributed by atoms with Gasteiger partial charge in [-0.1, -0.05) is 15.9 Å². The minimum Gasteiger partial charge on any atom is -0.465 e. The number of anilines is 1. The van der Waals surface area contributed by atoms with E-state index in [-0.39, 0.29) is 5.91 Å². The van der Waals surface area contributed by atoms with Gasteiger partial charge in [0.05, 0.1) is 7.11 Å². The van der Waals surface area contributed by atoms with Crippen molar-refractivity contribution in [2.75, 3.05) is 12.4 Å². The topological polar surface area (TPSA) is 68.5 Å². The van der Waals surface area contributed by atoms with Crippen molar-refractivity contribution in [1.82, 2.24) is 0 Å². The van der Waals surface area contributed by atoms with Crippen LogP contribution in [0.25, 0.3) is 6.08 Å². The molecule has 120 valence electrons. The summed E-state index contributed by atoms with van der Waals surface area (Å²) in [7, 11) is 1.30. The van der Waals surface area contributed by atoms with Crippen LogP contribution in [0.15, 0.2) is 39.2 Å². The lowest BCUT2D eigenvalue weighted by Crippen LogP contribution is -2.07. The van der Waals surface area contributed by atoms with Crippen LogP contribution in [0.5, 0.6) is 0 Å². The Balaban J connectivity index is 2.06. The first-order valence-corrected chi connectivity index (χ1v) is 7.64. The zero-order chi connectivity index (χ0) is 17.0. The van der Waals surface area contributed by atoms with E-state index in [1.54, 1.807) is 13.0 Å². The molecule has 0 aliphatic carbocycles. The maximum Gasteiger partial charge on any atom is 0.341 e. The van der Waals surface area contributed by atoms with Crippen LogP contribution < -0.4 is 5.32 Å².